The number of hydrogen-bond acceptors (Lipinski definition) is 4. The summed E-state index contributed by atoms with van der Waals surface area (Å²) in [6, 6.07) is 9.52. The molecule has 0 amide bonds. The van der Waals surface area contributed by atoms with E-state index in [-0.39, 0.29) is 19.0 Å². The lowest BCUT2D eigenvalue weighted by molar-refractivity contribution is -0.144. The fourth-order valence-corrected chi connectivity index (χ4v) is 3.16. The molecule has 5 nitrogen and oxygen atoms in total. The van der Waals surface area contributed by atoms with Crippen molar-refractivity contribution < 1.29 is 19.1 Å². The van der Waals surface area contributed by atoms with E-state index in [9.17, 15) is 9.59 Å². The number of rotatable bonds is 7. The quantitative estimate of drug-likeness (QED) is 0.515. The highest BCUT2D eigenvalue weighted by atomic mass is 79.9. The van der Waals surface area contributed by atoms with Gasteiger partial charge in [0.05, 0.1) is 0 Å². The fraction of sp³-hybridized carbons (Fsp3) is 0.368. The van der Waals surface area contributed by atoms with Crippen LogP contribution in [0, 0.1) is 13.8 Å². The first-order valence-corrected chi connectivity index (χ1v) is 9.00. The zero-order valence-corrected chi connectivity index (χ0v) is 15.8. The zero-order chi connectivity index (χ0) is 18.0. The molecule has 1 fully saturated rings. The van der Waals surface area contributed by atoms with Crippen LogP contribution in [0.25, 0.3) is 0 Å². The minimum Gasteiger partial charge on any atom is -0.482 e. The van der Waals surface area contributed by atoms with Crippen molar-refractivity contribution in [1.29, 1.82) is 0 Å². The molecule has 0 N–H and O–H groups in total. The van der Waals surface area contributed by atoms with Gasteiger partial charge in [-0.05, 0) is 57.0 Å². The van der Waals surface area contributed by atoms with Gasteiger partial charge in [0.1, 0.15) is 5.75 Å². The molecule has 1 aliphatic rings. The molecule has 1 aromatic heterocycles. The number of Topliss-reactive ketones (excluding diaryl/α,β-unsaturated/α-hetero) is 1. The first kappa shape index (κ1) is 17.7. The van der Waals surface area contributed by atoms with Crippen molar-refractivity contribution in [3.63, 3.8) is 0 Å². The Morgan fingerprint density at radius 1 is 1.16 bits per heavy atom. The Morgan fingerprint density at radius 3 is 2.48 bits per heavy atom. The van der Waals surface area contributed by atoms with Crippen LogP contribution < -0.4 is 4.74 Å². The highest BCUT2D eigenvalue weighted by Gasteiger charge is 2.28. The molecule has 0 spiro atoms. The van der Waals surface area contributed by atoms with E-state index in [0.717, 1.165) is 28.7 Å². The standard InChI is InChI=1S/C19H20BrNO4/c1-12-9-17(13(2)21(12)15-5-6-15)18(22)10-25-19(23)11-24-16-7-3-14(20)4-8-16/h3-4,7-9,15H,5-6,10-11H2,1-2H3. The Bertz CT molecular complexity index is 791. The van der Waals surface area contributed by atoms with Crippen molar-refractivity contribution >= 4 is 27.7 Å². The minimum atomic E-state index is -0.563. The predicted molar refractivity (Wildman–Crippen MR) is 97.1 cm³/mol. The lowest BCUT2D eigenvalue weighted by atomic mass is 10.1. The van der Waals surface area contributed by atoms with Crippen LogP contribution in [0.3, 0.4) is 0 Å². The maximum absolute atomic E-state index is 12.4. The number of aromatic nitrogens is 1. The Morgan fingerprint density at radius 2 is 1.84 bits per heavy atom. The number of hydrogen-bond donors (Lipinski definition) is 0. The zero-order valence-electron chi connectivity index (χ0n) is 14.3. The summed E-state index contributed by atoms with van der Waals surface area (Å²) in [5, 5.41) is 0. The van der Waals surface area contributed by atoms with Crippen LogP contribution in [0.1, 0.15) is 40.6 Å². The number of nitrogens with zero attached hydrogens (tertiary/aromatic N) is 1. The van der Waals surface area contributed by atoms with Crippen LogP contribution in [0.5, 0.6) is 5.75 Å². The molecule has 0 bridgehead atoms. The summed E-state index contributed by atoms with van der Waals surface area (Å²) in [5.74, 6) is -0.177. The lowest BCUT2D eigenvalue weighted by Gasteiger charge is -2.08. The van der Waals surface area contributed by atoms with E-state index < -0.39 is 5.97 Å². The molecule has 132 valence electrons. The van der Waals surface area contributed by atoms with Gasteiger partial charge in [0.2, 0.25) is 5.78 Å². The maximum atomic E-state index is 12.4. The van der Waals surface area contributed by atoms with Crippen LogP contribution in [0.15, 0.2) is 34.8 Å². The third kappa shape index (κ3) is 4.31. The van der Waals surface area contributed by atoms with Gasteiger partial charge in [-0.15, -0.1) is 0 Å². The molecule has 1 aromatic carbocycles. The molecule has 25 heavy (non-hydrogen) atoms. The first-order chi connectivity index (χ1) is 12.0. The topological polar surface area (TPSA) is 57.5 Å². The first-order valence-electron chi connectivity index (χ1n) is 8.21. The highest BCUT2D eigenvalue weighted by Crippen LogP contribution is 2.38. The van der Waals surface area contributed by atoms with Crippen LogP contribution in [0.2, 0.25) is 0 Å². The number of benzene rings is 1. The van der Waals surface area contributed by atoms with Gasteiger partial charge in [-0.3, -0.25) is 4.79 Å². The summed E-state index contributed by atoms with van der Waals surface area (Å²) in [5.41, 5.74) is 2.66. The summed E-state index contributed by atoms with van der Waals surface area (Å²) in [4.78, 5) is 24.1. The average Bonchev–Trinajstić information content (AvgIpc) is 3.37. The van der Waals surface area contributed by atoms with Gasteiger partial charge in [0.25, 0.3) is 0 Å². The predicted octanol–water partition coefficient (Wildman–Crippen LogP) is 4.01. The number of halogens is 1. The van der Waals surface area contributed by atoms with Crippen molar-refractivity contribution in [2.45, 2.75) is 32.7 Å². The van der Waals surface area contributed by atoms with Gasteiger partial charge in [0, 0.05) is 27.5 Å². The maximum Gasteiger partial charge on any atom is 0.344 e. The van der Waals surface area contributed by atoms with E-state index in [0.29, 0.717) is 17.4 Å². The number of esters is 1. The molecule has 0 radical (unpaired) electrons. The molecule has 2 aromatic rings. The van der Waals surface area contributed by atoms with Crippen LogP contribution in [-0.2, 0) is 9.53 Å². The summed E-state index contributed by atoms with van der Waals surface area (Å²) in [7, 11) is 0. The third-order valence-electron chi connectivity index (χ3n) is 4.23. The van der Waals surface area contributed by atoms with Crippen LogP contribution in [-0.4, -0.2) is 29.5 Å². The summed E-state index contributed by atoms with van der Waals surface area (Å²) in [6.07, 6.45) is 2.32. The number of ether oxygens (including phenoxy) is 2. The Balaban J connectivity index is 1.51. The minimum absolute atomic E-state index is 0.183. The van der Waals surface area contributed by atoms with Gasteiger partial charge < -0.3 is 14.0 Å². The van der Waals surface area contributed by atoms with Crippen molar-refractivity contribution in [3.05, 3.63) is 51.8 Å². The monoisotopic (exact) mass is 405 g/mol. The van der Waals surface area contributed by atoms with Crippen molar-refractivity contribution in [1.82, 2.24) is 4.57 Å². The molecular formula is C19H20BrNO4. The molecular weight excluding hydrogens is 386 g/mol. The van der Waals surface area contributed by atoms with E-state index in [2.05, 4.69) is 20.5 Å². The second-order valence-electron chi connectivity index (χ2n) is 6.21. The van der Waals surface area contributed by atoms with E-state index in [4.69, 9.17) is 9.47 Å². The van der Waals surface area contributed by atoms with Gasteiger partial charge in [-0.1, -0.05) is 15.9 Å². The summed E-state index contributed by atoms with van der Waals surface area (Å²) >= 11 is 3.33. The lowest BCUT2D eigenvalue weighted by Crippen LogP contribution is -2.19. The SMILES string of the molecule is Cc1cc(C(=O)COC(=O)COc2ccc(Br)cc2)c(C)n1C1CC1. The second kappa shape index (κ2) is 7.44. The molecule has 0 unspecified atom stereocenters. The molecule has 1 saturated carbocycles. The largest absolute Gasteiger partial charge is 0.482 e. The average molecular weight is 406 g/mol. The molecule has 0 saturated heterocycles. The molecule has 3 rings (SSSR count). The fourth-order valence-electron chi connectivity index (χ4n) is 2.89. The van der Waals surface area contributed by atoms with Gasteiger partial charge in [-0.2, -0.15) is 0 Å². The third-order valence-corrected chi connectivity index (χ3v) is 4.76. The molecule has 0 atom stereocenters. The van der Waals surface area contributed by atoms with Crippen LogP contribution in [0.4, 0.5) is 0 Å². The summed E-state index contributed by atoms with van der Waals surface area (Å²) in [6.45, 7) is 3.45. The van der Waals surface area contributed by atoms with Gasteiger partial charge in [0.15, 0.2) is 13.2 Å². The van der Waals surface area contributed by atoms with Crippen LogP contribution >= 0.6 is 15.9 Å². The van der Waals surface area contributed by atoms with E-state index in [1.807, 2.05) is 32.0 Å². The van der Waals surface area contributed by atoms with Gasteiger partial charge in [-0.25, -0.2) is 4.79 Å². The van der Waals surface area contributed by atoms with E-state index in [1.165, 1.54) is 0 Å². The van der Waals surface area contributed by atoms with Crippen molar-refractivity contribution in [2.24, 2.45) is 0 Å². The summed E-state index contributed by atoms with van der Waals surface area (Å²) < 4.78 is 13.5. The normalized spacial score (nSPS) is 13.6. The Hall–Kier alpha value is -2.08. The second-order valence-corrected chi connectivity index (χ2v) is 7.13. The van der Waals surface area contributed by atoms with Crippen molar-refractivity contribution in [2.75, 3.05) is 13.2 Å². The van der Waals surface area contributed by atoms with Gasteiger partial charge >= 0.3 is 5.97 Å². The number of carbonyl (C=O) groups is 2. The smallest absolute Gasteiger partial charge is 0.344 e. The molecule has 0 aliphatic heterocycles. The van der Waals surface area contributed by atoms with Crippen molar-refractivity contribution in [3.8, 4) is 5.75 Å². The van der Waals surface area contributed by atoms with E-state index in [1.54, 1.807) is 12.1 Å². The molecule has 1 aliphatic carbocycles. The molecule has 6 heteroatoms. The number of ketones is 1. The Labute approximate surface area is 155 Å². The van der Waals surface area contributed by atoms with E-state index >= 15 is 0 Å². The number of carbonyl (C=O) groups excluding carboxylic acids is 2. The highest BCUT2D eigenvalue weighted by molar-refractivity contribution is 9.10. The molecule has 1 heterocycles. The Kier molecular flexibility index (Phi) is 5.27. The number of aryl methyl sites for hydroxylation is 1.